The third-order valence-corrected chi connectivity index (χ3v) is 9.93. The summed E-state index contributed by atoms with van der Waals surface area (Å²) in [5, 5.41) is 11.5. The fraction of sp³-hybridized carbons (Fsp3) is 0.714. The number of hydrogen-bond acceptors (Lipinski definition) is 9. The number of fused-ring (bicyclic) bond motifs is 5. The Morgan fingerprint density at radius 2 is 1.90 bits per heavy atom. The van der Waals surface area contributed by atoms with Crippen LogP contribution in [0.4, 0.5) is 13.6 Å². The van der Waals surface area contributed by atoms with Gasteiger partial charge in [0, 0.05) is 30.1 Å². The van der Waals surface area contributed by atoms with Gasteiger partial charge in [0.05, 0.1) is 17.9 Å². The van der Waals surface area contributed by atoms with Gasteiger partial charge in [-0.1, -0.05) is 26.8 Å². The van der Waals surface area contributed by atoms with Crippen molar-refractivity contribution in [1.29, 1.82) is 0 Å². The highest BCUT2D eigenvalue weighted by atomic mass is 19.1. The normalized spacial score (nSPS) is 46.4. The molecule has 0 aromatic rings. The van der Waals surface area contributed by atoms with E-state index in [1.807, 2.05) is 0 Å². The number of esters is 2. The summed E-state index contributed by atoms with van der Waals surface area (Å²) in [4.78, 5) is 49.1. The van der Waals surface area contributed by atoms with Crippen molar-refractivity contribution in [2.45, 2.75) is 96.2 Å². The van der Waals surface area contributed by atoms with Crippen LogP contribution in [0.2, 0.25) is 0 Å². The van der Waals surface area contributed by atoms with Crippen molar-refractivity contribution in [2.75, 3.05) is 0 Å². The van der Waals surface area contributed by atoms with Crippen LogP contribution in [0.25, 0.3) is 0 Å². The summed E-state index contributed by atoms with van der Waals surface area (Å²) in [7, 11) is 0. The number of allylic oxidation sites excluding steroid dienone is 4. The molecular formula is C28H34F2O9. The van der Waals surface area contributed by atoms with E-state index in [0.29, 0.717) is 0 Å². The molecule has 1 saturated heterocycles. The molecule has 1 N–H and O–H groups in total. The average Bonchev–Trinajstić information content (AvgIpc) is 3.36. The van der Waals surface area contributed by atoms with E-state index in [1.54, 1.807) is 20.8 Å². The third kappa shape index (κ3) is 3.78. The Morgan fingerprint density at radius 1 is 1.18 bits per heavy atom. The van der Waals surface area contributed by atoms with E-state index in [0.717, 1.165) is 6.08 Å². The van der Waals surface area contributed by atoms with Crippen LogP contribution in [0.5, 0.6) is 0 Å². The lowest BCUT2D eigenvalue weighted by molar-refractivity contribution is -0.303. The van der Waals surface area contributed by atoms with Gasteiger partial charge in [0.1, 0.15) is 6.17 Å². The van der Waals surface area contributed by atoms with E-state index < -0.39 is 82.5 Å². The number of hydrogen-bond donors (Lipinski definition) is 1. The molecule has 5 aliphatic rings. The fourth-order valence-corrected chi connectivity index (χ4v) is 8.02. The molecule has 1 aliphatic heterocycles. The molecular weight excluding hydrogens is 518 g/mol. The lowest BCUT2D eigenvalue weighted by Crippen LogP contribution is -2.70. The molecule has 0 aromatic carbocycles. The van der Waals surface area contributed by atoms with Crippen LogP contribution >= 0.6 is 0 Å². The maximum absolute atomic E-state index is 17.4. The molecule has 5 rings (SSSR count). The molecule has 4 fully saturated rings. The summed E-state index contributed by atoms with van der Waals surface area (Å²) in [5.74, 6) is -6.03. The van der Waals surface area contributed by atoms with Gasteiger partial charge in [0.25, 0.3) is 12.1 Å². The van der Waals surface area contributed by atoms with Crippen LogP contribution < -0.4 is 0 Å². The summed E-state index contributed by atoms with van der Waals surface area (Å²) in [5.41, 5.74) is -5.25. The Hall–Kier alpha value is -2.82. The Kier molecular flexibility index (Phi) is 6.48. The SMILES string of the molecule is CCC(=O)O[C@]1(OC(=O)OC2CCC(=O)O2)[C@H](C)C[C@H]2[C@@H]3C[C@H](F)C4=CC(=O)C=C[C@]4(C)[C@@]3(F)[C@@H](O)C[C@@]21C. The molecule has 0 bridgehead atoms. The number of ether oxygens (including phenoxy) is 4. The number of rotatable bonds is 4. The minimum absolute atomic E-state index is 0.00272. The van der Waals surface area contributed by atoms with Crippen molar-refractivity contribution in [3.8, 4) is 0 Å². The zero-order chi connectivity index (χ0) is 28.5. The highest BCUT2D eigenvalue weighted by Gasteiger charge is 2.78. The zero-order valence-electron chi connectivity index (χ0n) is 22.4. The van der Waals surface area contributed by atoms with E-state index >= 15 is 8.78 Å². The first-order valence-corrected chi connectivity index (χ1v) is 13.5. The minimum Gasteiger partial charge on any atom is -0.425 e. The van der Waals surface area contributed by atoms with Gasteiger partial charge < -0.3 is 24.1 Å². The molecule has 0 spiro atoms. The number of ketones is 1. The van der Waals surface area contributed by atoms with E-state index in [2.05, 4.69) is 0 Å². The predicted octanol–water partition coefficient (Wildman–Crippen LogP) is 4.02. The third-order valence-electron chi connectivity index (χ3n) is 9.93. The van der Waals surface area contributed by atoms with Gasteiger partial charge in [-0.3, -0.25) is 14.4 Å². The minimum atomic E-state index is -2.34. The Balaban J connectivity index is 1.54. The number of alkyl halides is 2. The lowest BCUT2D eigenvalue weighted by atomic mass is 9.45. The molecule has 0 amide bonds. The molecule has 11 heteroatoms. The maximum Gasteiger partial charge on any atom is 0.514 e. The summed E-state index contributed by atoms with van der Waals surface area (Å²) in [6.07, 6.45) is -2.29. The summed E-state index contributed by atoms with van der Waals surface area (Å²) < 4.78 is 54.9. The van der Waals surface area contributed by atoms with Crippen LogP contribution in [0, 0.1) is 28.6 Å². The number of halogens is 2. The van der Waals surface area contributed by atoms with Gasteiger partial charge in [-0.15, -0.1) is 0 Å². The number of aliphatic hydroxyl groups is 1. The second-order valence-corrected chi connectivity index (χ2v) is 11.9. The summed E-state index contributed by atoms with van der Waals surface area (Å²) >= 11 is 0. The van der Waals surface area contributed by atoms with Crippen LogP contribution in [-0.4, -0.2) is 59.0 Å². The van der Waals surface area contributed by atoms with Gasteiger partial charge in [0.2, 0.25) is 0 Å². The van der Waals surface area contributed by atoms with Crippen molar-refractivity contribution in [3.05, 3.63) is 23.8 Å². The van der Waals surface area contributed by atoms with Crippen molar-refractivity contribution in [3.63, 3.8) is 0 Å². The number of cyclic esters (lactones) is 1. The first-order chi connectivity index (χ1) is 18.2. The molecule has 1 heterocycles. The van der Waals surface area contributed by atoms with Gasteiger partial charge in [-0.05, 0) is 49.8 Å². The van der Waals surface area contributed by atoms with Crippen molar-refractivity contribution in [2.24, 2.45) is 28.6 Å². The summed E-state index contributed by atoms with van der Waals surface area (Å²) in [6.45, 7) is 6.39. The van der Waals surface area contributed by atoms with Crippen LogP contribution in [0.15, 0.2) is 23.8 Å². The smallest absolute Gasteiger partial charge is 0.425 e. The van der Waals surface area contributed by atoms with E-state index in [4.69, 9.17) is 18.9 Å². The highest BCUT2D eigenvalue weighted by Crippen LogP contribution is 2.71. The Labute approximate surface area is 224 Å². The second kappa shape index (κ2) is 9.11. The molecule has 0 aromatic heterocycles. The molecule has 10 atom stereocenters. The number of aliphatic hydroxyl groups excluding tert-OH is 1. The number of carbonyl (C=O) groups excluding carboxylic acids is 4. The number of carbonyl (C=O) groups is 4. The van der Waals surface area contributed by atoms with Gasteiger partial charge >= 0.3 is 18.1 Å². The van der Waals surface area contributed by atoms with Crippen LogP contribution in [0.1, 0.15) is 66.2 Å². The second-order valence-electron chi connectivity index (χ2n) is 11.9. The maximum atomic E-state index is 17.4. The monoisotopic (exact) mass is 552 g/mol. The van der Waals surface area contributed by atoms with Crippen LogP contribution in [0.3, 0.4) is 0 Å². The molecule has 0 radical (unpaired) electrons. The largest absolute Gasteiger partial charge is 0.514 e. The molecule has 39 heavy (non-hydrogen) atoms. The lowest BCUT2D eigenvalue weighted by Gasteiger charge is -2.62. The van der Waals surface area contributed by atoms with Gasteiger partial charge in [0.15, 0.2) is 11.5 Å². The topological polar surface area (TPSA) is 125 Å². The van der Waals surface area contributed by atoms with Crippen molar-refractivity contribution >= 4 is 23.9 Å². The molecule has 4 aliphatic carbocycles. The van der Waals surface area contributed by atoms with E-state index in [-0.39, 0.29) is 44.1 Å². The van der Waals surface area contributed by atoms with E-state index in [1.165, 1.54) is 19.1 Å². The summed E-state index contributed by atoms with van der Waals surface area (Å²) in [6, 6.07) is 0. The van der Waals surface area contributed by atoms with E-state index in [9.17, 15) is 24.3 Å². The first kappa shape index (κ1) is 27.7. The van der Waals surface area contributed by atoms with Gasteiger partial charge in [-0.2, -0.15) is 0 Å². The highest BCUT2D eigenvalue weighted by molar-refractivity contribution is 6.01. The first-order valence-electron chi connectivity index (χ1n) is 13.5. The average molecular weight is 553 g/mol. The molecule has 214 valence electrons. The quantitative estimate of drug-likeness (QED) is 0.407. The Morgan fingerprint density at radius 3 is 2.54 bits per heavy atom. The van der Waals surface area contributed by atoms with Gasteiger partial charge in [-0.25, -0.2) is 13.6 Å². The van der Waals surface area contributed by atoms with Crippen molar-refractivity contribution in [1.82, 2.24) is 0 Å². The standard InChI is InChI=1S/C28H34F2O9/c1-5-21(33)38-28(39-24(35)37-23-7-6-22(34)36-23)14(2)10-16-17-12-19(29)18-11-15(31)8-9-25(18,3)27(17,30)20(32)13-26(16,28)4/h8-9,11,14,16-17,19-20,23,32H,5-7,10,12-13H2,1-4H3/t14-,16+,17+,19+,20+,23?,25+,26+,27+,28+/m1/s1. The molecule has 1 unspecified atom stereocenters. The predicted molar refractivity (Wildman–Crippen MR) is 129 cm³/mol. The molecule has 9 nitrogen and oxygen atoms in total. The van der Waals surface area contributed by atoms with Crippen LogP contribution in [-0.2, 0) is 33.3 Å². The zero-order valence-corrected chi connectivity index (χ0v) is 22.4. The molecule has 3 saturated carbocycles. The van der Waals surface area contributed by atoms with Crippen molar-refractivity contribution < 1.29 is 52.0 Å². The Bertz CT molecular complexity index is 1170. The fourth-order valence-electron chi connectivity index (χ4n) is 8.02.